The van der Waals surface area contributed by atoms with Gasteiger partial charge in [-0.1, -0.05) is 17.7 Å². The molecule has 0 bridgehead atoms. The summed E-state index contributed by atoms with van der Waals surface area (Å²) in [4.78, 5) is 35.5. The Morgan fingerprint density at radius 2 is 1.62 bits per heavy atom. The monoisotopic (exact) mass is 372 g/mol. The predicted molar refractivity (Wildman–Crippen MR) is 98.9 cm³/mol. The molecule has 2 aromatic carbocycles. The second kappa shape index (κ2) is 7.88. The van der Waals surface area contributed by atoms with Crippen LogP contribution in [0.25, 0.3) is 0 Å². The van der Waals surface area contributed by atoms with Gasteiger partial charge in [-0.25, -0.2) is 10.2 Å². The molecule has 1 aliphatic carbocycles. The lowest BCUT2D eigenvalue weighted by Gasteiger charge is -2.10. The molecule has 0 atom stereocenters. The number of urea groups is 1. The second-order valence-electron chi connectivity index (χ2n) is 5.88. The van der Waals surface area contributed by atoms with Crippen molar-refractivity contribution in [2.24, 2.45) is 5.92 Å². The Labute approximate surface area is 155 Å². The molecule has 0 unspecified atom stereocenters. The summed E-state index contributed by atoms with van der Waals surface area (Å²) >= 11 is 5.83. The SMILES string of the molecule is O=C(NNC(=O)c1ccc(NC(=O)C2CC2)cc1)Nc1cccc(Cl)c1. The zero-order valence-corrected chi connectivity index (χ0v) is 14.5. The molecule has 26 heavy (non-hydrogen) atoms. The van der Waals surface area contributed by atoms with Crippen LogP contribution in [-0.4, -0.2) is 17.8 Å². The summed E-state index contributed by atoms with van der Waals surface area (Å²) in [7, 11) is 0. The van der Waals surface area contributed by atoms with Gasteiger partial charge < -0.3 is 10.6 Å². The summed E-state index contributed by atoms with van der Waals surface area (Å²) in [6, 6.07) is 12.4. The first-order valence-corrected chi connectivity index (χ1v) is 8.43. The molecule has 0 aliphatic heterocycles. The number of hydrazine groups is 1. The molecule has 7 nitrogen and oxygen atoms in total. The highest BCUT2D eigenvalue weighted by molar-refractivity contribution is 6.30. The Morgan fingerprint density at radius 1 is 0.885 bits per heavy atom. The van der Waals surface area contributed by atoms with Gasteiger partial charge in [0.25, 0.3) is 5.91 Å². The lowest BCUT2D eigenvalue weighted by atomic mass is 10.2. The summed E-state index contributed by atoms with van der Waals surface area (Å²) in [6.07, 6.45) is 1.85. The maximum atomic E-state index is 12.0. The number of benzene rings is 2. The van der Waals surface area contributed by atoms with Crippen molar-refractivity contribution in [3.8, 4) is 0 Å². The molecule has 8 heteroatoms. The Hall–Kier alpha value is -3.06. The fourth-order valence-corrected chi connectivity index (χ4v) is 2.40. The molecule has 134 valence electrons. The van der Waals surface area contributed by atoms with E-state index < -0.39 is 11.9 Å². The van der Waals surface area contributed by atoms with E-state index in [4.69, 9.17) is 11.6 Å². The Bertz CT molecular complexity index is 835. The third-order valence-corrected chi connectivity index (χ3v) is 3.97. The van der Waals surface area contributed by atoms with Crippen LogP contribution >= 0.6 is 11.6 Å². The van der Waals surface area contributed by atoms with Crippen LogP contribution in [0.15, 0.2) is 48.5 Å². The molecule has 0 heterocycles. The smallest absolute Gasteiger partial charge is 0.326 e. The average Bonchev–Trinajstić information content (AvgIpc) is 3.45. The van der Waals surface area contributed by atoms with Gasteiger partial charge in [0.1, 0.15) is 0 Å². The highest BCUT2D eigenvalue weighted by Gasteiger charge is 2.29. The summed E-state index contributed by atoms with van der Waals surface area (Å²) in [5.74, 6) is -0.368. The maximum Gasteiger partial charge on any atom is 0.337 e. The fraction of sp³-hybridized carbons (Fsp3) is 0.167. The minimum Gasteiger partial charge on any atom is -0.326 e. The molecule has 2 aromatic rings. The first kappa shape index (κ1) is 17.8. The molecule has 1 fully saturated rings. The van der Waals surface area contributed by atoms with Crippen molar-refractivity contribution in [2.45, 2.75) is 12.8 Å². The Balaban J connectivity index is 1.48. The van der Waals surface area contributed by atoms with E-state index >= 15 is 0 Å². The number of rotatable bonds is 4. The standard InChI is InChI=1S/C18H17ClN4O3/c19-13-2-1-3-15(10-13)21-18(26)23-22-17(25)12-6-8-14(9-7-12)20-16(24)11-4-5-11/h1-3,6-11H,4-5H2,(H,20,24)(H,22,25)(H2,21,23,26). The minimum atomic E-state index is -0.603. The molecule has 0 aromatic heterocycles. The van der Waals surface area contributed by atoms with Gasteiger partial charge in [-0.2, -0.15) is 0 Å². The molecule has 0 saturated heterocycles. The van der Waals surface area contributed by atoms with E-state index in [0.717, 1.165) is 12.8 Å². The van der Waals surface area contributed by atoms with Crippen molar-refractivity contribution in [3.63, 3.8) is 0 Å². The van der Waals surface area contributed by atoms with Gasteiger partial charge in [-0.3, -0.25) is 15.0 Å². The first-order chi connectivity index (χ1) is 12.5. The van der Waals surface area contributed by atoms with Crippen LogP contribution in [0.3, 0.4) is 0 Å². The predicted octanol–water partition coefficient (Wildman–Crippen LogP) is 3.16. The number of hydrogen-bond donors (Lipinski definition) is 4. The van der Waals surface area contributed by atoms with E-state index in [1.165, 1.54) is 0 Å². The van der Waals surface area contributed by atoms with Crippen LogP contribution < -0.4 is 21.5 Å². The lowest BCUT2D eigenvalue weighted by Crippen LogP contribution is -2.43. The zero-order valence-electron chi connectivity index (χ0n) is 13.7. The van der Waals surface area contributed by atoms with Gasteiger partial charge in [-0.15, -0.1) is 0 Å². The summed E-state index contributed by atoms with van der Waals surface area (Å²) in [5.41, 5.74) is 6.03. The molecule has 3 rings (SSSR count). The van der Waals surface area contributed by atoms with Crippen molar-refractivity contribution in [3.05, 3.63) is 59.1 Å². The molecular weight excluding hydrogens is 356 g/mol. The lowest BCUT2D eigenvalue weighted by molar-refractivity contribution is -0.117. The molecule has 0 spiro atoms. The van der Waals surface area contributed by atoms with Crippen molar-refractivity contribution >= 4 is 40.8 Å². The summed E-state index contributed by atoms with van der Waals surface area (Å²) in [5, 5.41) is 5.82. The number of anilines is 2. The Kier molecular flexibility index (Phi) is 5.38. The molecule has 4 N–H and O–H groups in total. The molecular formula is C18H17ClN4O3. The molecule has 4 amide bonds. The number of hydrogen-bond acceptors (Lipinski definition) is 3. The first-order valence-electron chi connectivity index (χ1n) is 8.05. The van der Waals surface area contributed by atoms with Crippen molar-refractivity contribution in [1.82, 2.24) is 10.9 Å². The van der Waals surface area contributed by atoms with Gasteiger partial charge in [0.2, 0.25) is 5.91 Å². The topological polar surface area (TPSA) is 99.3 Å². The van der Waals surface area contributed by atoms with Crippen molar-refractivity contribution in [1.29, 1.82) is 0 Å². The fourth-order valence-electron chi connectivity index (χ4n) is 2.21. The number of halogens is 1. The van der Waals surface area contributed by atoms with Gasteiger partial charge in [0, 0.05) is 27.9 Å². The largest absolute Gasteiger partial charge is 0.337 e. The zero-order chi connectivity index (χ0) is 18.5. The second-order valence-corrected chi connectivity index (χ2v) is 6.32. The normalized spacial score (nSPS) is 12.8. The molecule has 1 aliphatic rings. The summed E-state index contributed by atoms with van der Waals surface area (Å²) < 4.78 is 0. The van der Waals surface area contributed by atoms with E-state index in [1.807, 2.05) is 0 Å². The molecule has 1 saturated carbocycles. The van der Waals surface area contributed by atoms with Crippen LogP contribution in [-0.2, 0) is 4.79 Å². The van der Waals surface area contributed by atoms with Gasteiger partial charge in [-0.05, 0) is 55.3 Å². The Morgan fingerprint density at radius 3 is 2.27 bits per heavy atom. The molecule has 0 radical (unpaired) electrons. The number of nitrogens with one attached hydrogen (secondary N) is 4. The maximum absolute atomic E-state index is 12.0. The average molecular weight is 373 g/mol. The van der Waals surface area contributed by atoms with E-state index in [1.54, 1.807) is 48.5 Å². The van der Waals surface area contributed by atoms with E-state index in [9.17, 15) is 14.4 Å². The van der Waals surface area contributed by atoms with E-state index in [-0.39, 0.29) is 11.8 Å². The van der Waals surface area contributed by atoms with Gasteiger partial charge in [0.05, 0.1) is 0 Å². The van der Waals surface area contributed by atoms with Crippen LogP contribution in [0.2, 0.25) is 5.02 Å². The van der Waals surface area contributed by atoms with Crippen molar-refractivity contribution < 1.29 is 14.4 Å². The third-order valence-electron chi connectivity index (χ3n) is 3.73. The van der Waals surface area contributed by atoms with Crippen LogP contribution in [0.4, 0.5) is 16.2 Å². The minimum absolute atomic E-state index is 0.00144. The summed E-state index contributed by atoms with van der Waals surface area (Å²) in [6.45, 7) is 0. The number of carbonyl (C=O) groups excluding carboxylic acids is 3. The van der Waals surface area contributed by atoms with Crippen LogP contribution in [0.1, 0.15) is 23.2 Å². The highest BCUT2D eigenvalue weighted by Crippen LogP contribution is 2.30. The number of amides is 4. The van der Waals surface area contributed by atoms with Gasteiger partial charge in [0.15, 0.2) is 0 Å². The van der Waals surface area contributed by atoms with Crippen LogP contribution in [0.5, 0.6) is 0 Å². The third kappa shape index (κ3) is 4.97. The van der Waals surface area contributed by atoms with E-state index in [2.05, 4.69) is 21.5 Å². The van der Waals surface area contributed by atoms with Crippen LogP contribution in [0, 0.1) is 5.92 Å². The highest BCUT2D eigenvalue weighted by atomic mass is 35.5. The van der Waals surface area contributed by atoms with Gasteiger partial charge >= 0.3 is 6.03 Å². The quantitative estimate of drug-likeness (QED) is 0.620. The number of carbonyl (C=O) groups is 3. The van der Waals surface area contributed by atoms with Crippen molar-refractivity contribution in [2.75, 3.05) is 10.6 Å². The van der Waals surface area contributed by atoms with E-state index in [0.29, 0.717) is 22.0 Å².